The first-order valence-corrected chi connectivity index (χ1v) is 12.0. The maximum Gasteiger partial charge on any atom is 0.338 e. The van der Waals surface area contributed by atoms with Gasteiger partial charge in [-0.3, -0.25) is 0 Å². The van der Waals surface area contributed by atoms with E-state index in [1.54, 1.807) is 36.4 Å². The van der Waals surface area contributed by atoms with E-state index in [1.165, 1.54) is 35.2 Å². The summed E-state index contributed by atoms with van der Waals surface area (Å²) in [4.78, 5) is 37.6. The Morgan fingerprint density at radius 1 is 1.00 bits per heavy atom. The summed E-state index contributed by atoms with van der Waals surface area (Å²) in [6.07, 6.45) is -1.32. The fraction of sp³-hybridized carbons (Fsp3) is 0.269. The van der Waals surface area contributed by atoms with E-state index < -0.39 is 55.0 Å². The number of halogens is 2. The minimum Gasteiger partial charge on any atom is -0.462 e. The van der Waals surface area contributed by atoms with Gasteiger partial charge >= 0.3 is 11.9 Å². The van der Waals surface area contributed by atoms with Crippen LogP contribution in [0.5, 0.6) is 0 Å². The molecule has 0 saturated heterocycles. The summed E-state index contributed by atoms with van der Waals surface area (Å²) in [7, 11) is 0. The molecule has 1 saturated carbocycles. The predicted octanol–water partition coefficient (Wildman–Crippen LogP) is 2.79. The number of aliphatic hydroxyl groups is 2. The lowest BCUT2D eigenvalue weighted by molar-refractivity contribution is -0.102. The molecule has 196 valence electrons. The number of esters is 2. The van der Waals surface area contributed by atoms with Gasteiger partial charge in [-0.1, -0.05) is 48.0 Å². The van der Waals surface area contributed by atoms with Crippen LogP contribution in [0.3, 0.4) is 0 Å². The number of carbonyl (C=O) groups excluding carboxylic acids is 2. The molecule has 10 nitrogen and oxygen atoms in total. The van der Waals surface area contributed by atoms with E-state index >= 15 is 4.39 Å². The smallest absolute Gasteiger partial charge is 0.338 e. The summed E-state index contributed by atoms with van der Waals surface area (Å²) in [5, 5.41) is 22.1. The van der Waals surface area contributed by atoms with Crippen LogP contribution < -0.4 is 0 Å². The van der Waals surface area contributed by atoms with Crippen molar-refractivity contribution < 1.29 is 33.7 Å². The SMILES string of the molecule is O=C(OC[C@@H]1C(OC(=O)c2ccccc2)[C@@H](F)[C@H](n2cnc3c(Cl)ncnc32)C1(O)CO)c1ccccc1. The molecule has 5 rings (SSSR count). The van der Waals surface area contributed by atoms with Crippen molar-refractivity contribution in [1.29, 1.82) is 0 Å². The van der Waals surface area contributed by atoms with Gasteiger partial charge in [0, 0.05) is 0 Å². The first-order valence-electron chi connectivity index (χ1n) is 11.6. The minimum absolute atomic E-state index is 0.00934. The zero-order valence-corrected chi connectivity index (χ0v) is 20.5. The van der Waals surface area contributed by atoms with Crippen LogP contribution in [0.15, 0.2) is 73.3 Å². The van der Waals surface area contributed by atoms with E-state index in [1.807, 2.05) is 0 Å². The van der Waals surface area contributed by atoms with Crippen LogP contribution in [0.4, 0.5) is 4.39 Å². The fourth-order valence-corrected chi connectivity index (χ4v) is 4.97. The molecule has 1 aliphatic carbocycles. The summed E-state index contributed by atoms with van der Waals surface area (Å²) in [5.41, 5.74) is -1.62. The number of fused-ring (bicyclic) bond motifs is 1. The highest BCUT2D eigenvalue weighted by atomic mass is 35.5. The molecule has 12 heteroatoms. The molecule has 5 atom stereocenters. The number of rotatable bonds is 7. The largest absolute Gasteiger partial charge is 0.462 e. The highest BCUT2D eigenvalue weighted by Gasteiger charge is 2.63. The van der Waals surface area contributed by atoms with Crippen molar-refractivity contribution in [2.24, 2.45) is 5.92 Å². The topological polar surface area (TPSA) is 137 Å². The number of benzene rings is 2. The number of hydrogen-bond donors (Lipinski definition) is 2. The molecule has 2 aromatic heterocycles. The molecule has 1 aliphatic rings. The number of nitrogens with zero attached hydrogens (tertiary/aromatic N) is 4. The van der Waals surface area contributed by atoms with Crippen molar-refractivity contribution in [2.75, 3.05) is 13.2 Å². The monoisotopic (exact) mass is 540 g/mol. The number of hydrogen-bond acceptors (Lipinski definition) is 9. The molecule has 2 unspecified atom stereocenters. The van der Waals surface area contributed by atoms with Gasteiger partial charge in [-0.15, -0.1) is 0 Å². The van der Waals surface area contributed by atoms with E-state index in [-0.39, 0.29) is 27.4 Å². The van der Waals surface area contributed by atoms with Gasteiger partial charge in [0.25, 0.3) is 0 Å². The van der Waals surface area contributed by atoms with Gasteiger partial charge in [0.05, 0.1) is 30.0 Å². The van der Waals surface area contributed by atoms with Gasteiger partial charge in [0.1, 0.15) is 36.2 Å². The van der Waals surface area contributed by atoms with Crippen LogP contribution in [0.25, 0.3) is 11.2 Å². The normalized spacial score (nSPS) is 24.8. The third-order valence-electron chi connectivity index (χ3n) is 6.69. The van der Waals surface area contributed by atoms with E-state index in [0.29, 0.717) is 0 Å². The van der Waals surface area contributed by atoms with Crippen molar-refractivity contribution in [3.8, 4) is 0 Å². The summed E-state index contributed by atoms with van der Waals surface area (Å²) >= 11 is 6.10. The minimum atomic E-state index is -2.26. The Morgan fingerprint density at radius 2 is 1.63 bits per heavy atom. The van der Waals surface area contributed by atoms with E-state index in [0.717, 1.165) is 6.33 Å². The zero-order valence-electron chi connectivity index (χ0n) is 19.7. The van der Waals surface area contributed by atoms with E-state index in [4.69, 9.17) is 21.1 Å². The standard InChI is InChI=1S/C26H22ClFN4O6/c27-22-19-23(30-13-29-22)32(14-31-19)21-18(28)20(38-25(35)16-9-5-2-6-10-16)17(26(21,36)12-33)11-37-24(34)15-7-3-1-4-8-15/h1-10,13-14,17-18,20-21,33,36H,11-12H2/t17-,18-,20?,21+,26?/m1/s1. The predicted molar refractivity (Wildman–Crippen MR) is 132 cm³/mol. The van der Waals surface area contributed by atoms with Gasteiger partial charge in [0.15, 0.2) is 17.0 Å². The molecule has 2 heterocycles. The first-order chi connectivity index (χ1) is 18.3. The number of aromatic nitrogens is 4. The van der Waals surface area contributed by atoms with E-state index in [9.17, 15) is 19.8 Å². The Bertz CT molecular complexity index is 1460. The van der Waals surface area contributed by atoms with Gasteiger partial charge in [-0.25, -0.2) is 28.9 Å². The molecule has 0 radical (unpaired) electrons. The zero-order chi connectivity index (χ0) is 26.9. The summed E-state index contributed by atoms with van der Waals surface area (Å²) < 4.78 is 28.5. The Hall–Kier alpha value is -3.93. The van der Waals surface area contributed by atoms with Crippen LogP contribution in [0.2, 0.25) is 5.15 Å². The first kappa shape index (κ1) is 25.7. The Balaban J connectivity index is 1.53. The summed E-state index contributed by atoms with van der Waals surface area (Å²) in [6.45, 7) is -1.51. The van der Waals surface area contributed by atoms with Crippen LogP contribution in [0.1, 0.15) is 26.8 Å². The number of aliphatic hydroxyl groups excluding tert-OH is 1. The molecule has 0 bridgehead atoms. The number of carbonyl (C=O) groups is 2. The molecule has 1 fully saturated rings. The van der Waals surface area contributed by atoms with Gasteiger partial charge in [0.2, 0.25) is 0 Å². The second kappa shape index (κ2) is 10.4. The molecular weight excluding hydrogens is 519 g/mol. The molecule has 0 spiro atoms. The third-order valence-corrected chi connectivity index (χ3v) is 6.97. The molecule has 2 N–H and O–H groups in total. The number of ether oxygens (including phenoxy) is 2. The van der Waals surface area contributed by atoms with Crippen LogP contribution >= 0.6 is 11.6 Å². The lowest BCUT2D eigenvalue weighted by Crippen LogP contribution is -2.48. The fourth-order valence-electron chi connectivity index (χ4n) is 4.79. The second-order valence-corrected chi connectivity index (χ2v) is 9.19. The molecule has 0 aliphatic heterocycles. The Kier molecular flexibility index (Phi) is 7.06. The van der Waals surface area contributed by atoms with E-state index in [2.05, 4.69) is 15.0 Å². The van der Waals surface area contributed by atoms with Crippen LogP contribution in [-0.4, -0.2) is 72.8 Å². The number of alkyl halides is 1. The molecule has 38 heavy (non-hydrogen) atoms. The average molecular weight is 541 g/mol. The maximum absolute atomic E-state index is 16.3. The molecule has 2 aromatic carbocycles. The van der Waals surface area contributed by atoms with Crippen molar-refractivity contribution >= 4 is 34.7 Å². The van der Waals surface area contributed by atoms with Crippen molar-refractivity contribution in [3.63, 3.8) is 0 Å². The molecular formula is C26H22ClFN4O6. The highest BCUT2D eigenvalue weighted by Crippen LogP contribution is 2.48. The number of imidazole rings is 1. The van der Waals surface area contributed by atoms with Gasteiger partial charge in [-0.05, 0) is 24.3 Å². The third kappa shape index (κ3) is 4.49. The lowest BCUT2D eigenvalue weighted by Gasteiger charge is -2.34. The maximum atomic E-state index is 16.3. The molecule has 4 aromatic rings. The Labute approximate surface area is 220 Å². The van der Waals surface area contributed by atoms with Gasteiger partial charge < -0.3 is 24.3 Å². The highest BCUT2D eigenvalue weighted by molar-refractivity contribution is 6.33. The van der Waals surface area contributed by atoms with Gasteiger partial charge in [-0.2, -0.15) is 0 Å². The van der Waals surface area contributed by atoms with Crippen molar-refractivity contribution in [1.82, 2.24) is 19.5 Å². The Morgan fingerprint density at radius 3 is 2.26 bits per heavy atom. The van der Waals surface area contributed by atoms with Crippen molar-refractivity contribution in [2.45, 2.75) is 23.9 Å². The summed E-state index contributed by atoms with van der Waals surface area (Å²) in [6, 6.07) is 14.5. The lowest BCUT2D eigenvalue weighted by atomic mass is 9.88. The van der Waals surface area contributed by atoms with Crippen molar-refractivity contribution in [3.05, 3.63) is 89.6 Å². The van der Waals surface area contributed by atoms with Crippen LogP contribution in [0, 0.1) is 5.92 Å². The van der Waals surface area contributed by atoms with Crippen LogP contribution in [-0.2, 0) is 9.47 Å². The molecule has 0 amide bonds. The summed E-state index contributed by atoms with van der Waals surface area (Å²) in [5.74, 6) is -2.94. The second-order valence-electron chi connectivity index (χ2n) is 8.83. The quantitative estimate of drug-likeness (QED) is 0.268. The average Bonchev–Trinajstić information content (AvgIpc) is 3.45.